The van der Waals surface area contributed by atoms with E-state index in [1.165, 1.54) is 6.07 Å². The van der Waals surface area contributed by atoms with Crippen molar-refractivity contribution >= 4 is 17.6 Å². The molecule has 1 saturated carbocycles. The first-order valence-electron chi connectivity index (χ1n) is 11.0. The maximum absolute atomic E-state index is 14.3. The summed E-state index contributed by atoms with van der Waals surface area (Å²) < 4.78 is 73.5. The van der Waals surface area contributed by atoms with Gasteiger partial charge in [-0.3, -0.25) is 4.90 Å². The van der Waals surface area contributed by atoms with E-state index in [1.807, 2.05) is 4.90 Å². The van der Waals surface area contributed by atoms with Crippen LogP contribution in [0.4, 0.5) is 22.0 Å². The Morgan fingerprint density at radius 2 is 1.77 bits per heavy atom. The van der Waals surface area contributed by atoms with Gasteiger partial charge in [0.2, 0.25) is 0 Å². The molecule has 0 aromatic heterocycles. The summed E-state index contributed by atoms with van der Waals surface area (Å²) in [4.78, 5) is 13.1. The summed E-state index contributed by atoms with van der Waals surface area (Å²) in [7, 11) is 0. The fraction of sp³-hybridized carbons (Fsp3) is 0.458. The van der Waals surface area contributed by atoms with E-state index in [2.05, 4.69) is 0 Å². The number of piperidine rings is 1. The van der Waals surface area contributed by atoms with Crippen LogP contribution in [0.5, 0.6) is 5.75 Å². The van der Waals surface area contributed by atoms with Crippen molar-refractivity contribution < 1.29 is 89.4 Å². The van der Waals surface area contributed by atoms with Gasteiger partial charge in [0.1, 0.15) is 17.4 Å². The molecule has 0 amide bonds. The molecule has 11 heteroatoms. The molecule has 2 aromatic carbocycles. The van der Waals surface area contributed by atoms with Gasteiger partial charge in [0.05, 0.1) is 22.8 Å². The summed E-state index contributed by atoms with van der Waals surface area (Å²) in [6.07, 6.45) is -1.48. The van der Waals surface area contributed by atoms with Crippen molar-refractivity contribution in [3.63, 3.8) is 0 Å². The molecule has 0 bridgehead atoms. The number of ether oxygens (including phenoxy) is 1. The maximum Gasteiger partial charge on any atom is 1.00 e. The van der Waals surface area contributed by atoms with E-state index in [9.17, 15) is 26.7 Å². The molecule has 1 aliphatic heterocycles. The summed E-state index contributed by atoms with van der Waals surface area (Å²) in [5, 5.41) is 8.61. The minimum atomic E-state index is -4.61. The normalized spacial score (nSPS) is 17.2. The molecule has 0 radical (unpaired) electrons. The third kappa shape index (κ3) is 7.18. The van der Waals surface area contributed by atoms with Gasteiger partial charge in [-0.1, -0.05) is 11.6 Å². The molecule has 1 N–H and O–H groups in total. The van der Waals surface area contributed by atoms with Crippen molar-refractivity contribution in [1.82, 2.24) is 4.90 Å². The van der Waals surface area contributed by atoms with Crippen LogP contribution in [0.1, 0.15) is 60.1 Å². The fourth-order valence-corrected chi connectivity index (χ4v) is 4.50. The third-order valence-corrected chi connectivity index (χ3v) is 6.63. The average molecular weight is 544 g/mol. The quantitative estimate of drug-likeness (QED) is 0.428. The molecule has 2 aliphatic rings. The first kappa shape index (κ1) is 28.8. The molecule has 4 rings (SSSR count). The first-order valence-corrected chi connectivity index (χ1v) is 11.4. The molecular formula is C24H24ClF5KNO3. The molecule has 4 nitrogen and oxygen atoms in total. The summed E-state index contributed by atoms with van der Waals surface area (Å²) in [5.74, 6) is -2.36. The molecular weight excluding hydrogens is 520 g/mol. The van der Waals surface area contributed by atoms with E-state index in [-0.39, 0.29) is 82.3 Å². The third-order valence-electron chi connectivity index (χ3n) is 6.35. The predicted octanol–water partition coefficient (Wildman–Crippen LogP) is 3.62. The van der Waals surface area contributed by atoms with E-state index in [0.29, 0.717) is 49.9 Å². The number of rotatable bonds is 7. The number of carboxylic acids is 1. The fourth-order valence-electron chi connectivity index (χ4n) is 4.26. The Morgan fingerprint density at radius 1 is 1.11 bits per heavy atom. The second-order valence-electron chi connectivity index (χ2n) is 8.91. The van der Waals surface area contributed by atoms with Gasteiger partial charge < -0.3 is 11.3 Å². The van der Waals surface area contributed by atoms with E-state index in [4.69, 9.17) is 21.4 Å². The molecule has 1 aliphatic carbocycles. The largest absolute Gasteiger partial charge is 1.00 e. The van der Waals surface area contributed by atoms with Crippen molar-refractivity contribution in [2.75, 3.05) is 19.7 Å². The molecule has 0 atom stereocenters. The summed E-state index contributed by atoms with van der Waals surface area (Å²) in [5.41, 5.74) is -0.750. The van der Waals surface area contributed by atoms with Crippen LogP contribution in [0, 0.1) is 17.6 Å². The van der Waals surface area contributed by atoms with Gasteiger partial charge in [-0.05, 0) is 74.4 Å². The van der Waals surface area contributed by atoms with Crippen LogP contribution in [0.3, 0.4) is 0 Å². The Balaban J connectivity index is 0.00000228. The maximum atomic E-state index is 14.3. The van der Waals surface area contributed by atoms with Crippen molar-refractivity contribution in [2.24, 2.45) is 5.92 Å². The van der Waals surface area contributed by atoms with Gasteiger partial charge in [0, 0.05) is 18.2 Å². The van der Waals surface area contributed by atoms with Gasteiger partial charge in [0.25, 0.3) is 0 Å². The molecule has 186 valence electrons. The van der Waals surface area contributed by atoms with Crippen LogP contribution in [0.25, 0.3) is 0 Å². The van der Waals surface area contributed by atoms with Gasteiger partial charge in [0.15, 0.2) is 0 Å². The topological polar surface area (TPSA) is 49.8 Å². The number of hydrogen-bond acceptors (Lipinski definition) is 3. The minimum Gasteiger partial charge on any atom is -1.00 e. The standard InChI is InChI=1S/C24H23ClF5NO3.K.H/c25-19-8-16(24(28,29)30)7-15(22(19)27)11-31-5-3-13(4-6-31)12-34-21-10-20(26)18(23(32)33)9-17(21)14-1-2-14;;/h7-10,13-14H,1-6,11-12H2,(H,32,33);;/q;+1;-1. The Morgan fingerprint density at radius 3 is 2.34 bits per heavy atom. The minimum absolute atomic E-state index is 0. The number of carboxylic acid groups (broad SMARTS) is 1. The van der Waals surface area contributed by atoms with E-state index in [1.54, 1.807) is 0 Å². The molecule has 0 unspecified atom stereocenters. The van der Waals surface area contributed by atoms with Gasteiger partial charge in [-0.2, -0.15) is 13.2 Å². The van der Waals surface area contributed by atoms with Crippen molar-refractivity contribution in [3.05, 3.63) is 63.2 Å². The molecule has 0 spiro atoms. The zero-order valence-electron chi connectivity index (χ0n) is 20.1. The van der Waals surface area contributed by atoms with E-state index in [0.717, 1.165) is 25.0 Å². The van der Waals surface area contributed by atoms with Gasteiger partial charge in [-0.15, -0.1) is 0 Å². The van der Waals surface area contributed by atoms with E-state index < -0.39 is 34.4 Å². The zero-order chi connectivity index (χ0) is 24.6. The molecule has 1 saturated heterocycles. The number of aromatic carboxylic acids is 1. The zero-order valence-corrected chi connectivity index (χ0v) is 23.0. The molecule has 2 aromatic rings. The predicted molar refractivity (Wildman–Crippen MR) is 116 cm³/mol. The summed E-state index contributed by atoms with van der Waals surface area (Å²) >= 11 is 5.67. The number of hydrogen-bond donors (Lipinski definition) is 1. The number of likely N-dealkylation sites (tertiary alicyclic amines) is 1. The molecule has 1 heterocycles. The average Bonchev–Trinajstić information content (AvgIpc) is 3.60. The number of halogens is 6. The van der Waals surface area contributed by atoms with E-state index >= 15 is 0 Å². The summed E-state index contributed by atoms with van der Waals surface area (Å²) in [6, 6.07) is 3.87. The van der Waals surface area contributed by atoms with Crippen LogP contribution < -0.4 is 56.1 Å². The van der Waals surface area contributed by atoms with Crippen molar-refractivity contribution in [1.29, 1.82) is 0 Å². The summed E-state index contributed by atoms with van der Waals surface area (Å²) in [6.45, 7) is 1.38. The number of alkyl halides is 3. The Bertz CT molecular complexity index is 1090. The molecule has 2 fully saturated rings. The van der Waals surface area contributed by atoms with Gasteiger partial charge in [-0.25, -0.2) is 13.6 Å². The van der Waals surface area contributed by atoms with Crippen molar-refractivity contribution in [2.45, 2.75) is 44.3 Å². The molecule has 35 heavy (non-hydrogen) atoms. The second kappa shape index (κ2) is 11.7. The van der Waals surface area contributed by atoms with Gasteiger partial charge >= 0.3 is 63.5 Å². The van der Waals surface area contributed by atoms with Crippen molar-refractivity contribution in [3.8, 4) is 5.75 Å². The SMILES string of the molecule is O=C(O)c1cc(C2CC2)c(OCC2CCN(Cc3cc(C(F)(F)F)cc(Cl)c3F)CC2)cc1F.[H-].[K+]. The monoisotopic (exact) mass is 543 g/mol. The Hall–Kier alpha value is -0.754. The smallest absolute Gasteiger partial charge is 1.00 e. The second-order valence-corrected chi connectivity index (χ2v) is 9.32. The number of carbonyl (C=O) groups is 1. The van der Waals surface area contributed by atoms with Crippen LogP contribution in [0.15, 0.2) is 24.3 Å². The Kier molecular flexibility index (Phi) is 9.67. The number of benzene rings is 2. The van der Waals surface area contributed by atoms with Crippen LogP contribution in [0.2, 0.25) is 5.02 Å². The van der Waals surface area contributed by atoms with Crippen LogP contribution >= 0.6 is 11.6 Å². The Labute approximate surface area is 248 Å². The van der Waals surface area contributed by atoms with Crippen LogP contribution in [-0.2, 0) is 12.7 Å². The first-order chi connectivity index (χ1) is 16.0. The van der Waals surface area contributed by atoms with Crippen LogP contribution in [-0.4, -0.2) is 35.7 Å². The number of nitrogens with zero attached hydrogens (tertiary/aromatic N) is 1.